The Bertz CT molecular complexity index is 1230. The Kier molecular flexibility index (Phi) is 7.19. The minimum atomic E-state index is -0.105. The van der Waals surface area contributed by atoms with Crippen molar-refractivity contribution in [3.63, 3.8) is 0 Å². The average molecular weight is 462 g/mol. The van der Waals surface area contributed by atoms with E-state index in [1.807, 2.05) is 40.7 Å². The summed E-state index contributed by atoms with van der Waals surface area (Å²) in [5.41, 5.74) is 2.66. The molecule has 1 aromatic carbocycles. The van der Waals surface area contributed by atoms with Crippen LogP contribution in [0.15, 0.2) is 61.6 Å². The number of amides is 1. The average Bonchev–Trinajstić information content (AvgIpc) is 3.40. The van der Waals surface area contributed by atoms with E-state index in [-0.39, 0.29) is 11.8 Å². The van der Waals surface area contributed by atoms with E-state index in [0.717, 1.165) is 40.4 Å². The number of para-hydroxylation sites is 1. The second-order valence-electron chi connectivity index (χ2n) is 7.80. The zero-order valence-corrected chi connectivity index (χ0v) is 19.7. The van der Waals surface area contributed by atoms with Gasteiger partial charge in [-0.1, -0.05) is 25.1 Å². The summed E-state index contributed by atoms with van der Waals surface area (Å²) in [6.07, 6.45) is 10.7. The van der Waals surface area contributed by atoms with Crippen molar-refractivity contribution in [1.82, 2.24) is 29.8 Å². The first-order valence-electron chi connectivity index (χ1n) is 10.7. The number of anilines is 1. The molecule has 3 heterocycles. The van der Waals surface area contributed by atoms with Crippen LogP contribution < -0.4 is 10.6 Å². The minimum Gasteiger partial charge on any atom is -0.370 e. The Morgan fingerprint density at radius 1 is 1.18 bits per heavy atom. The first-order chi connectivity index (χ1) is 16.1. The fraction of sp³-hybridized carbons (Fsp3) is 0.292. The molecule has 0 saturated carbocycles. The van der Waals surface area contributed by atoms with E-state index in [2.05, 4.69) is 49.8 Å². The standard InChI is InChI=1S/C24H27N7OS/c1-16(18-5-4-6-19-20(24(32)25-2)7-8-27-23(18)19)17(13-33-3)12-28-21-11-22(30-14-29-21)31-10-9-26-15-31/h4-11,14-17H,12-13H2,1-3H3,(H,25,32)(H,28,29,30). The Morgan fingerprint density at radius 3 is 2.82 bits per heavy atom. The number of benzene rings is 1. The highest BCUT2D eigenvalue weighted by Gasteiger charge is 2.22. The lowest BCUT2D eigenvalue weighted by Crippen LogP contribution is -2.23. The van der Waals surface area contributed by atoms with Crippen LogP contribution in [0.1, 0.15) is 28.8 Å². The number of hydrogen-bond acceptors (Lipinski definition) is 7. The smallest absolute Gasteiger partial charge is 0.251 e. The molecule has 2 atom stereocenters. The summed E-state index contributed by atoms with van der Waals surface area (Å²) in [4.78, 5) is 29.8. The first kappa shape index (κ1) is 22.7. The van der Waals surface area contributed by atoms with Crippen molar-refractivity contribution < 1.29 is 4.79 Å². The van der Waals surface area contributed by atoms with Gasteiger partial charge in [-0.05, 0) is 35.5 Å². The van der Waals surface area contributed by atoms with E-state index in [0.29, 0.717) is 11.5 Å². The quantitative estimate of drug-likeness (QED) is 0.392. The number of thioether (sulfide) groups is 1. The largest absolute Gasteiger partial charge is 0.370 e. The summed E-state index contributed by atoms with van der Waals surface area (Å²) in [6, 6.07) is 9.76. The summed E-state index contributed by atoms with van der Waals surface area (Å²) in [5.74, 6) is 2.94. The Balaban J connectivity index is 1.58. The molecule has 170 valence electrons. The molecule has 0 aliphatic heterocycles. The van der Waals surface area contributed by atoms with Gasteiger partial charge < -0.3 is 10.6 Å². The normalized spacial score (nSPS) is 12.9. The fourth-order valence-corrected chi connectivity index (χ4v) is 4.80. The van der Waals surface area contributed by atoms with Crippen molar-refractivity contribution in [3.05, 3.63) is 72.7 Å². The van der Waals surface area contributed by atoms with Crippen LogP contribution in [0.4, 0.5) is 5.82 Å². The third-order valence-electron chi connectivity index (χ3n) is 5.82. The molecule has 2 unspecified atom stereocenters. The second-order valence-corrected chi connectivity index (χ2v) is 8.71. The van der Waals surface area contributed by atoms with Gasteiger partial charge in [-0.25, -0.2) is 15.0 Å². The lowest BCUT2D eigenvalue weighted by Gasteiger charge is -2.25. The molecule has 3 aromatic heterocycles. The van der Waals surface area contributed by atoms with Crippen LogP contribution in [0.25, 0.3) is 16.7 Å². The molecule has 2 N–H and O–H groups in total. The third kappa shape index (κ3) is 4.98. The number of carbonyl (C=O) groups is 1. The molecular formula is C24H27N7OS. The number of nitrogens with one attached hydrogen (secondary N) is 2. The summed E-state index contributed by atoms with van der Waals surface area (Å²) in [5, 5.41) is 7.08. The van der Waals surface area contributed by atoms with Gasteiger partial charge in [0.2, 0.25) is 0 Å². The maximum Gasteiger partial charge on any atom is 0.251 e. The number of rotatable bonds is 9. The van der Waals surface area contributed by atoms with Gasteiger partial charge >= 0.3 is 0 Å². The van der Waals surface area contributed by atoms with Crippen LogP contribution in [0, 0.1) is 5.92 Å². The van der Waals surface area contributed by atoms with Gasteiger partial charge in [0.15, 0.2) is 0 Å². The molecule has 0 radical (unpaired) electrons. The second kappa shape index (κ2) is 10.4. The summed E-state index contributed by atoms with van der Waals surface area (Å²) < 4.78 is 1.85. The summed E-state index contributed by atoms with van der Waals surface area (Å²) in [6.45, 7) is 2.97. The Hall–Kier alpha value is -3.46. The van der Waals surface area contributed by atoms with Gasteiger partial charge in [-0.3, -0.25) is 14.3 Å². The molecule has 0 aliphatic rings. The number of aromatic nitrogens is 5. The van der Waals surface area contributed by atoms with Gasteiger partial charge in [0, 0.05) is 43.6 Å². The summed E-state index contributed by atoms with van der Waals surface area (Å²) in [7, 11) is 1.65. The van der Waals surface area contributed by atoms with E-state index < -0.39 is 0 Å². The summed E-state index contributed by atoms with van der Waals surface area (Å²) >= 11 is 1.82. The minimum absolute atomic E-state index is 0.105. The van der Waals surface area contributed by atoms with Crippen LogP contribution in [-0.2, 0) is 0 Å². The maximum absolute atomic E-state index is 12.3. The molecule has 0 spiro atoms. The molecular weight excluding hydrogens is 434 g/mol. The zero-order chi connectivity index (χ0) is 23.2. The molecule has 0 aliphatic carbocycles. The number of carbonyl (C=O) groups excluding carboxylic acids is 1. The maximum atomic E-state index is 12.3. The number of hydrogen-bond donors (Lipinski definition) is 2. The third-order valence-corrected chi connectivity index (χ3v) is 6.58. The number of nitrogens with zero attached hydrogens (tertiary/aromatic N) is 5. The highest BCUT2D eigenvalue weighted by atomic mass is 32.2. The van der Waals surface area contributed by atoms with E-state index >= 15 is 0 Å². The number of pyridine rings is 1. The van der Waals surface area contributed by atoms with E-state index in [1.54, 1.807) is 38.2 Å². The van der Waals surface area contributed by atoms with Crippen molar-refractivity contribution in [2.45, 2.75) is 12.8 Å². The number of fused-ring (bicyclic) bond motifs is 1. The van der Waals surface area contributed by atoms with Gasteiger partial charge in [-0.15, -0.1) is 0 Å². The highest BCUT2D eigenvalue weighted by Crippen LogP contribution is 2.32. The fourth-order valence-electron chi connectivity index (χ4n) is 3.96. The molecule has 33 heavy (non-hydrogen) atoms. The molecule has 4 rings (SSSR count). The van der Waals surface area contributed by atoms with Gasteiger partial charge in [0.05, 0.1) is 11.1 Å². The van der Waals surface area contributed by atoms with E-state index in [9.17, 15) is 4.79 Å². The van der Waals surface area contributed by atoms with Crippen molar-refractivity contribution >= 4 is 34.4 Å². The molecule has 4 aromatic rings. The lowest BCUT2D eigenvalue weighted by atomic mass is 9.86. The zero-order valence-electron chi connectivity index (χ0n) is 18.9. The van der Waals surface area contributed by atoms with Gasteiger partial charge in [0.25, 0.3) is 5.91 Å². The molecule has 0 saturated heterocycles. The van der Waals surface area contributed by atoms with Crippen molar-refractivity contribution in [2.24, 2.45) is 5.92 Å². The predicted octanol–water partition coefficient (Wildman–Crippen LogP) is 3.76. The monoisotopic (exact) mass is 461 g/mol. The SMILES string of the molecule is CNC(=O)c1ccnc2c(C(C)C(CNc3cc(-n4ccnc4)ncn3)CSC)cccc12. The molecule has 8 nitrogen and oxygen atoms in total. The number of imidazole rings is 1. The van der Waals surface area contributed by atoms with E-state index in [4.69, 9.17) is 0 Å². The van der Waals surface area contributed by atoms with Crippen LogP contribution in [0.3, 0.4) is 0 Å². The van der Waals surface area contributed by atoms with Gasteiger partial charge in [0.1, 0.15) is 24.3 Å². The molecule has 0 bridgehead atoms. The topological polar surface area (TPSA) is 97.6 Å². The predicted molar refractivity (Wildman–Crippen MR) is 133 cm³/mol. The first-order valence-corrected chi connectivity index (χ1v) is 12.1. The Morgan fingerprint density at radius 2 is 2.06 bits per heavy atom. The van der Waals surface area contributed by atoms with Crippen LogP contribution >= 0.6 is 11.8 Å². The van der Waals surface area contributed by atoms with Crippen LogP contribution in [0.5, 0.6) is 0 Å². The molecule has 9 heteroatoms. The van der Waals surface area contributed by atoms with Crippen molar-refractivity contribution in [1.29, 1.82) is 0 Å². The lowest BCUT2D eigenvalue weighted by molar-refractivity contribution is 0.0964. The van der Waals surface area contributed by atoms with Crippen LogP contribution in [-0.4, -0.2) is 56.0 Å². The highest BCUT2D eigenvalue weighted by molar-refractivity contribution is 7.98. The Labute approximate surface area is 197 Å². The van der Waals surface area contributed by atoms with E-state index in [1.165, 1.54) is 0 Å². The van der Waals surface area contributed by atoms with Crippen molar-refractivity contribution in [3.8, 4) is 5.82 Å². The van der Waals surface area contributed by atoms with Crippen molar-refractivity contribution in [2.75, 3.05) is 30.9 Å². The van der Waals surface area contributed by atoms with Gasteiger partial charge in [-0.2, -0.15) is 11.8 Å². The molecule has 1 amide bonds. The van der Waals surface area contributed by atoms with Crippen LogP contribution in [0.2, 0.25) is 0 Å². The molecule has 0 fully saturated rings.